The Hall–Kier alpha value is -1.35. The number of amides is 3. The minimum atomic E-state index is -5.25. The fourth-order valence-corrected chi connectivity index (χ4v) is 27.5. The molecule has 0 fully saturated rings. The Morgan fingerprint density at radius 2 is 1.11 bits per heavy atom. The van der Waals surface area contributed by atoms with Gasteiger partial charge in [0, 0.05) is 6.54 Å². The lowest BCUT2D eigenvalue weighted by Crippen LogP contribution is -2.67. The second-order valence-corrected chi connectivity index (χ2v) is 34.9. The Morgan fingerprint density at radius 3 is 1.43 bits per heavy atom. The molecule has 1 atom stereocenters. The van der Waals surface area contributed by atoms with Crippen molar-refractivity contribution in [1.29, 1.82) is 0 Å². The van der Waals surface area contributed by atoms with Gasteiger partial charge in [-0.15, -0.1) is 0 Å². The van der Waals surface area contributed by atoms with Gasteiger partial charge < -0.3 is 13.8 Å². The number of rotatable bonds is 16. The van der Waals surface area contributed by atoms with Gasteiger partial charge in [-0.05, 0) is 40.8 Å². The number of nitrogens with one attached hydrogen (secondary N) is 1. The molecule has 1 unspecified atom stereocenters. The minimum Gasteiger partial charge on any atom is -0.388 e. The van der Waals surface area contributed by atoms with E-state index >= 15 is 0 Å². The first kappa shape index (κ1) is 45.6. The highest BCUT2D eigenvalue weighted by molar-refractivity contribution is 6.93. The average Bonchev–Trinajstić information content (AvgIpc) is 2.87. The fraction of sp³-hybridized carbons (Fsp3) is 0.893. The lowest BCUT2D eigenvalue weighted by molar-refractivity contribution is -0.181. The Bertz CT molecular complexity index is 1060. The van der Waals surface area contributed by atoms with Crippen LogP contribution in [0.5, 0.6) is 0 Å². The van der Waals surface area contributed by atoms with E-state index in [0.29, 0.717) is 6.42 Å². The van der Waals surface area contributed by atoms with Gasteiger partial charge in [-0.25, -0.2) is 0 Å². The summed E-state index contributed by atoms with van der Waals surface area (Å²) in [5, 5.41) is 0. The van der Waals surface area contributed by atoms with E-state index in [1.165, 1.54) is 13.1 Å². The van der Waals surface area contributed by atoms with E-state index in [1.807, 2.05) is 0 Å². The molecular weight excluding hydrogens is 710 g/mol. The Balaban J connectivity index is 6.63. The van der Waals surface area contributed by atoms with Gasteiger partial charge in [0.25, 0.3) is 0 Å². The van der Waals surface area contributed by atoms with Crippen LogP contribution in [-0.2, 0) is 14.4 Å². The predicted octanol–water partition coefficient (Wildman–Crippen LogP) is 9.41. The van der Waals surface area contributed by atoms with Crippen LogP contribution in [0.4, 0.5) is 39.5 Å². The van der Waals surface area contributed by atoms with Gasteiger partial charge in [-0.2, -0.15) is 39.5 Å². The second kappa shape index (κ2) is 16.1. The van der Waals surface area contributed by atoms with Crippen molar-refractivity contribution in [3.05, 3.63) is 0 Å². The Labute approximate surface area is 277 Å². The summed E-state index contributed by atoms with van der Waals surface area (Å²) in [4.78, 5) is 40.0. The number of alkyl halides is 9. The van der Waals surface area contributed by atoms with Crippen molar-refractivity contribution in [2.75, 3.05) is 6.54 Å². The normalized spacial score (nSPS) is 14.8. The van der Waals surface area contributed by atoms with E-state index in [4.69, 9.17) is 0 Å². The fourth-order valence-electron chi connectivity index (χ4n) is 7.40. The molecule has 0 aliphatic rings. The van der Waals surface area contributed by atoms with Gasteiger partial charge in [-0.3, -0.25) is 14.4 Å². The van der Waals surface area contributed by atoms with Gasteiger partial charge in [-0.1, -0.05) is 94.0 Å². The summed E-state index contributed by atoms with van der Waals surface area (Å²) >= 11 is 0. The molecule has 0 aliphatic heterocycles. The Kier molecular flexibility index (Phi) is 15.7. The van der Waals surface area contributed by atoms with E-state index in [9.17, 15) is 53.9 Å². The van der Waals surface area contributed by atoms with Crippen molar-refractivity contribution in [3.63, 3.8) is 0 Å². The van der Waals surface area contributed by atoms with Gasteiger partial charge in [0.15, 0.2) is 16.5 Å². The van der Waals surface area contributed by atoms with Crippen molar-refractivity contribution in [2.45, 2.75) is 153 Å². The van der Waals surface area contributed by atoms with Crippen LogP contribution in [0.2, 0.25) is 73.5 Å². The van der Waals surface area contributed by atoms with Crippen molar-refractivity contribution >= 4 is 50.7 Å². The lowest BCUT2D eigenvalue weighted by Gasteiger charge is -2.48. The first-order chi connectivity index (χ1) is 20.8. The summed E-state index contributed by atoms with van der Waals surface area (Å²) in [7, 11) is -12.9. The van der Waals surface area contributed by atoms with Crippen molar-refractivity contribution < 1.29 is 53.9 Å². The zero-order chi connectivity index (χ0) is 37.8. The molecule has 1 N–H and O–H groups in total. The zero-order valence-corrected chi connectivity index (χ0v) is 33.7. The number of nitrogens with zero attached hydrogens (tertiary/aromatic N) is 2. The van der Waals surface area contributed by atoms with Crippen molar-refractivity contribution in [3.8, 4) is 0 Å². The SMILES string of the molecule is CC[Si](CC)(CCCC(C)[Si](NC(=O)C(F)(F)F)(C(C)C)C(C)C)N(CC[Si](C)(C)N(C(=O)C(F)(F)F)[Si](C)(C)C)C(=O)C(F)(F)F. The molecule has 0 aromatic carbocycles. The third-order valence-electron chi connectivity index (χ3n) is 9.64. The van der Waals surface area contributed by atoms with E-state index in [-0.39, 0.29) is 41.7 Å². The highest BCUT2D eigenvalue weighted by Crippen LogP contribution is 2.44. The summed E-state index contributed by atoms with van der Waals surface area (Å²) in [6.07, 6.45) is -14.9. The largest absolute Gasteiger partial charge is 0.470 e. The lowest BCUT2D eigenvalue weighted by atomic mass is 10.3. The number of hydrogen-bond acceptors (Lipinski definition) is 3. The minimum absolute atomic E-state index is 0.182. The summed E-state index contributed by atoms with van der Waals surface area (Å²) < 4.78 is 125. The van der Waals surface area contributed by atoms with Crippen molar-refractivity contribution in [1.82, 2.24) is 13.8 Å². The monoisotopic (exact) mass is 763 g/mol. The van der Waals surface area contributed by atoms with Crippen LogP contribution in [0.3, 0.4) is 0 Å². The Morgan fingerprint density at radius 1 is 0.681 bits per heavy atom. The third-order valence-corrected chi connectivity index (χ3v) is 29.8. The van der Waals surface area contributed by atoms with Crippen molar-refractivity contribution in [2.24, 2.45) is 0 Å². The molecule has 0 saturated carbocycles. The highest BCUT2D eigenvalue weighted by atomic mass is 28.4. The summed E-state index contributed by atoms with van der Waals surface area (Å²) in [6.45, 7) is 19.3. The maximum Gasteiger partial charge on any atom is 0.470 e. The van der Waals surface area contributed by atoms with Crippen LogP contribution in [0.1, 0.15) is 61.3 Å². The molecular formula is C28H54F9N3O3Si4. The molecule has 0 saturated heterocycles. The smallest absolute Gasteiger partial charge is 0.388 e. The molecule has 6 nitrogen and oxygen atoms in total. The molecule has 0 rings (SSSR count). The number of carbonyl (C=O) groups excluding carboxylic acids is 3. The van der Waals surface area contributed by atoms with Crippen LogP contribution >= 0.6 is 0 Å². The molecule has 0 spiro atoms. The van der Waals surface area contributed by atoms with E-state index in [1.54, 1.807) is 68.1 Å². The second-order valence-electron chi connectivity index (χ2n) is 14.7. The molecule has 0 aromatic rings. The van der Waals surface area contributed by atoms with Gasteiger partial charge >= 0.3 is 36.3 Å². The first-order valence-corrected chi connectivity index (χ1v) is 27.4. The maximum atomic E-state index is 14.1. The molecule has 278 valence electrons. The quantitative estimate of drug-likeness (QED) is 0.126. The summed E-state index contributed by atoms with van der Waals surface area (Å²) in [6, 6.07) is 0.402. The van der Waals surface area contributed by atoms with Gasteiger partial charge in [0.1, 0.15) is 16.5 Å². The van der Waals surface area contributed by atoms with E-state index in [2.05, 4.69) is 4.98 Å². The molecule has 0 bridgehead atoms. The summed E-state index contributed by atoms with van der Waals surface area (Å²) in [5.74, 6) is -6.11. The molecule has 0 aliphatic carbocycles. The molecule has 3 amide bonds. The highest BCUT2D eigenvalue weighted by Gasteiger charge is 2.55. The number of carbonyl (C=O) groups is 3. The topological polar surface area (TPSA) is 69.7 Å². The predicted molar refractivity (Wildman–Crippen MR) is 177 cm³/mol. The van der Waals surface area contributed by atoms with Crippen LogP contribution in [0.25, 0.3) is 0 Å². The molecule has 0 radical (unpaired) electrons. The van der Waals surface area contributed by atoms with Crippen LogP contribution < -0.4 is 4.98 Å². The molecule has 47 heavy (non-hydrogen) atoms. The first-order valence-electron chi connectivity index (χ1n) is 16.0. The molecule has 0 aromatic heterocycles. The molecule has 0 heterocycles. The summed E-state index contributed by atoms with van der Waals surface area (Å²) in [5.41, 5.74) is -0.995. The number of halogens is 9. The standard InChI is InChI=1S/C28H54F9N3O3Si4/c1-13-46(14-2,18-15-16-22(7)47(20(3)4,21(5)6)38-23(41)26(29,30)31)39(24(42)27(32,33)34)17-19-45(11,12)40(44(8,9)10)25(43)28(35,36)37/h20-22H,13-19H2,1-12H3,(H,38,41). The van der Waals surface area contributed by atoms with E-state index < -0.39 is 81.3 Å². The van der Waals surface area contributed by atoms with Gasteiger partial charge in [0.2, 0.25) is 0 Å². The number of hydrogen-bond donors (Lipinski definition) is 1. The van der Waals surface area contributed by atoms with Crippen LogP contribution in [0.15, 0.2) is 0 Å². The van der Waals surface area contributed by atoms with Crippen LogP contribution in [-0.4, -0.2) is 84.5 Å². The zero-order valence-electron chi connectivity index (χ0n) is 29.7. The van der Waals surface area contributed by atoms with E-state index in [0.717, 1.165) is 8.80 Å². The van der Waals surface area contributed by atoms with Crippen LogP contribution in [0, 0.1) is 0 Å². The molecule has 19 heteroatoms. The van der Waals surface area contributed by atoms with Gasteiger partial charge in [0.05, 0.1) is 0 Å². The average molecular weight is 764 g/mol. The third kappa shape index (κ3) is 11.3. The maximum absolute atomic E-state index is 14.1.